The number of nitrogens with two attached hydrogens (primary N) is 3. The van der Waals surface area contributed by atoms with Crippen molar-refractivity contribution in [3.63, 3.8) is 0 Å². The molecule has 3 fully saturated rings. The van der Waals surface area contributed by atoms with Gasteiger partial charge in [0.1, 0.15) is 75.7 Å². The summed E-state index contributed by atoms with van der Waals surface area (Å²) in [6.07, 6.45) is 18.4. The summed E-state index contributed by atoms with van der Waals surface area (Å²) in [6.45, 7) is 1.69. The summed E-state index contributed by atoms with van der Waals surface area (Å²) in [5.74, 6) is -0.992. The molecule has 15 rings (SSSR count). The lowest BCUT2D eigenvalue weighted by molar-refractivity contribution is -0.388. The number of aryl methyl sites for hydroxylation is 1. The third-order valence-corrected chi connectivity index (χ3v) is 23.7. The average Bonchev–Trinajstić information content (AvgIpc) is 1.62. The lowest BCUT2D eigenvalue weighted by Gasteiger charge is -2.12. The summed E-state index contributed by atoms with van der Waals surface area (Å²) in [5, 5.41) is 24.4. The number of halogens is 7. The van der Waals surface area contributed by atoms with Crippen LogP contribution in [-0.2, 0) is 39.1 Å². The van der Waals surface area contributed by atoms with Gasteiger partial charge in [0.2, 0.25) is 0 Å². The van der Waals surface area contributed by atoms with Crippen molar-refractivity contribution < 1.29 is 65.2 Å². The zero-order chi connectivity index (χ0) is 74.1. The molecule has 0 bridgehead atoms. The number of nitro benzene ring substituents is 2. The number of nitro groups is 2. The van der Waals surface area contributed by atoms with Gasteiger partial charge in [-0.05, 0) is 151 Å². The van der Waals surface area contributed by atoms with Crippen LogP contribution in [-0.4, -0.2) is 82.5 Å². The van der Waals surface area contributed by atoms with Crippen LogP contribution in [0, 0.1) is 48.2 Å². The van der Waals surface area contributed by atoms with Gasteiger partial charge in [-0.2, -0.15) is 13.2 Å². The number of anilines is 6. The van der Waals surface area contributed by atoms with Crippen LogP contribution in [0.3, 0.4) is 0 Å². The molecule has 37 heteroatoms. The molecule has 6 heterocycles. The Morgan fingerprint density at radius 2 is 0.852 bits per heavy atom. The first-order valence-electron chi connectivity index (χ1n) is 33.0. The quantitative estimate of drug-likeness (QED) is 0.0213. The second-order valence-corrected chi connectivity index (χ2v) is 30.0. The summed E-state index contributed by atoms with van der Waals surface area (Å²) in [5.41, 5.74) is 22.6. The van der Waals surface area contributed by atoms with Crippen molar-refractivity contribution >= 4 is 135 Å². The van der Waals surface area contributed by atoms with Gasteiger partial charge in [-0.25, -0.2) is 55.7 Å². The summed E-state index contributed by atoms with van der Waals surface area (Å²) in [4.78, 5) is 46.8. The van der Waals surface area contributed by atoms with Gasteiger partial charge >= 0.3 is 6.18 Å². The molecule has 0 amide bonds. The van der Waals surface area contributed by atoms with E-state index in [9.17, 15) is 46.0 Å². The normalized spacial score (nSPS) is 14.7. The Bertz CT molecular complexity index is 5470. The molecular weight excluding hydrogens is 1590 g/mol. The van der Waals surface area contributed by atoms with Crippen LogP contribution in [0.1, 0.15) is 106 Å². The van der Waals surface area contributed by atoms with Crippen molar-refractivity contribution in [1.82, 2.24) is 43.6 Å². The molecule has 0 radical (unpaired) electrons. The van der Waals surface area contributed by atoms with Gasteiger partial charge in [0.25, 0.3) is 11.4 Å². The Morgan fingerprint density at radius 3 is 1.20 bits per heavy atom. The van der Waals surface area contributed by atoms with E-state index in [0.717, 1.165) is 102 Å². The molecule has 3 unspecified atom stereocenters. The first kappa shape index (κ1) is 80.0. The lowest BCUT2D eigenvalue weighted by atomic mass is 10.1. The van der Waals surface area contributed by atoms with E-state index in [-0.39, 0.29) is 55.9 Å². The van der Waals surface area contributed by atoms with E-state index in [1.165, 1.54) is 80.4 Å². The van der Waals surface area contributed by atoms with E-state index in [4.69, 9.17) is 17.2 Å². The molecule has 12 aromatic rings. The minimum atomic E-state index is -4.82. The minimum absolute atomic E-state index is 0. The van der Waals surface area contributed by atoms with Crippen LogP contribution < -0.4 is 31.4 Å². The Kier molecular flexibility index (Phi) is 24.9. The first-order valence-corrected chi connectivity index (χ1v) is 37.6. The molecule has 566 valence electrons. The molecular formula is C71H70F6IN17O10S3. The highest BCUT2D eigenvalue weighted by Gasteiger charge is 2.35. The van der Waals surface area contributed by atoms with Crippen molar-refractivity contribution in [3.05, 3.63) is 205 Å². The van der Waals surface area contributed by atoms with Crippen LogP contribution in [0.25, 0.3) is 66.5 Å². The fraction of sp³-hybridized carbons (Fsp3) is 0.239. The van der Waals surface area contributed by atoms with Gasteiger partial charge in [0.15, 0.2) is 33.0 Å². The standard InChI is InChI=1S/C24H20F4N6O3S.C24H23FN6O3S.C23H21FIN5OS.3H2O/c25-17-9-13(16-11-33(15-3-1-2-4-15)23-21(16)22(29)30-12-31-23)5-7-18(17)32-38(37)20-8-6-14(24(26,27)28)10-19(20)34(35)36;1-14-6-8-17(31(32)33)11-21(14)35(34)29-20-9-7-15(10-19(20)25)18-12-30(16-4-2-3-5-16)24-22(18)23(26)27-13-28-24;24-17-11-14(9-10-19(17)29-32(31)20-8-4-3-7-18(20)25)16-12-30(15-5-1-2-6-15)23-21(16)22(26)27-13-28-23;;;/h5-12,15,32H,1-4H2,(H2,29,30,31);6-13,16,29H,2-5H2,1H3,(H2,26,27,28);3-4,7-13,15,29H,1-2,5-6H2,(H2,26,27,28);3*1H2. The van der Waals surface area contributed by atoms with Crippen molar-refractivity contribution in [2.45, 2.75) is 123 Å². The van der Waals surface area contributed by atoms with Gasteiger partial charge in [-0.1, -0.05) is 74.9 Å². The van der Waals surface area contributed by atoms with Crippen LogP contribution in [0.5, 0.6) is 0 Å². The SMILES string of the molecule is Cc1ccc([N+](=O)[O-])cc1S(=O)Nc1ccc(-c2cn(C3CCCC3)c3ncnc(N)c23)cc1F.Nc1ncnc2c1c(-c1ccc(NS(=O)c3ccc(C(F)(F)F)cc3[N+](=O)[O-])c(F)c1)cn2C1CCCC1.Nc1ncnc2c1c(-c1ccc(NS(=O)c3ccccc3I)c(F)c1)cn2C1CCCC1.O.O.O. The number of fused-ring (bicyclic) bond motifs is 3. The fourth-order valence-corrected chi connectivity index (χ4v) is 17.6. The number of benzene rings is 6. The van der Waals surface area contributed by atoms with E-state index >= 15 is 13.2 Å². The predicted molar refractivity (Wildman–Crippen MR) is 411 cm³/mol. The second kappa shape index (κ2) is 33.7. The van der Waals surface area contributed by atoms with Crippen LogP contribution in [0.4, 0.5) is 72.2 Å². The highest BCUT2D eigenvalue weighted by molar-refractivity contribution is 14.1. The molecule has 15 N–H and O–H groups in total. The number of non-ortho nitro benzene ring substituents is 1. The van der Waals surface area contributed by atoms with Crippen LogP contribution in [0.15, 0.2) is 168 Å². The highest BCUT2D eigenvalue weighted by Crippen LogP contribution is 2.44. The number of hydrogen-bond donors (Lipinski definition) is 6. The molecule has 0 saturated heterocycles. The Balaban J connectivity index is 0.000000171. The predicted octanol–water partition coefficient (Wildman–Crippen LogP) is 14.5. The first-order chi connectivity index (χ1) is 50.4. The van der Waals surface area contributed by atoms with E-state index in [0.29, 0.717) is 85.0 Å². The molecule has 6 aromatic heterocycles. The van der Waals surface area contributed by atoms with Crippen molar-refractivity contribution in [1.29, 1.82) is 0 Å². The smallest absolute Gasteiger partial charge is 0.412 e. The number of nitrogens with zero attached hydrogens (tertiary/aromatic N) is 11. The van der Waals surface area contributed by atoms with E-state index in [1.54, 1.807) is 37.3 Å². The molecule has 3 aliphatic rings. The number of alkyl halides is 3. The van der Waals surface area contributed by atoms with Crippen molar-refractivity contribution in [3.8, 4) is 33.4 Å². The monoisotopic (exact) mass is 1660 g/mol. The molecule has 3 atom stereocenters. The van der Waals surface area contributed by atoms with Gasteiger partial charge < -0.3 is 47.3 Å². The third kappa shape index (κ3) is 16.6. The van der Waals surface area contributed by atoms with E-state index in [1.807, 2.05) is 41.4 Å². The summed E-state index contributed by atoms with van der Waals surface area (Å²) in [6, 6.07) is 27.3. The van der Waals surface area contributed by atoms with Gasteiger partial charge in [0.05, 0.1) is 58.4 Å². The molecule has 27 nitrogen and oxygen atoms in total. The molecule has 6 aromatic carbocycles. The maximum atomic E-state index is 15.2. The van der Waals surface area contributed by atoms with E-state index in [2.05, 4.69) is 75.8 Å². The maximum Gasteiger partial charge on any atom is 0.416 e. The number of nitrogen functional groups attached to an aromatic ring is 3. The van der Waals surface area contributed by atoms with Crippen molar-refractivity contribution in [2.75, 3.05) is 31.4 Å². The van der Waals surface area contributed by atoms with Crippen molar-refractivity contribution in [2.24, 2.45) is 0 Å². The molecule has 0 aliphatic heterocycles. The fourth-order valence-electron chi connectivity index (χ4n) is 13.6. The highest BCUT2D eigenvalue weighted by atomic mass is 127. The zero-order valence-electron chi connectivity index (χ0n) is 57.0. The summed E-state index contributed by atoms with van der Waals surface area (Å²) in [7, 11) is -5.90. The maximum absolute atomic E-state index is 15.2. The number of hydrogen-bond acceptors (Lipinski definition) is 16. The van der Waals surface area contributed by atoms with Gasteiger partial charge in [-0.15, -0.1) is 0 Å². The topological polar surface area (TPSA) is 438 Å². The van der Waals surface area contributed by atoms with Gasteiger partial charge in [0, 0.05) is 75.2 Å². The second-order valence-electron chi connectivity index (χ2n) is 25.3. The minimum Gasteiger partial charge on any atom is -0.412 e. The third-order valence-electron chi connectivity index (χ3n) is 18.8. The average molecular weight is 1660 g/mol. The molecule has 0 spiro atoms. The molecule has 3 aliphatic carbocycles. The number of aromatic nitrogens is 9. The van der Waals surface area contributed by atoms with Gasteiger partial charge in [-0.3, -0.25) is 34.4 Å². The number of rotatable bonds is 17. The Morgan fingerprint density at radius 1 is 0.481 bits per heavy atom. The largest absolute Gasteiger partial charge is 0.416 e. The molecule has 3 saturated carbocycles. The summed E-state index contributed by atoms with van der Waals surface area (Å²) >= 11 is 2.12. The number of nitrogens with one attached hydrogen (secondary N) is 3. The Labute approximate surface area is 632 Å². The Hall–Kier alpha value is -10.6. The lowest BCUT2D eigenvalue weighted by Crippen LogP contribution is -2.11. The summed E-state index contributed by atoms with van der Waals surface area (Å²) < 4.78 is 138. The van der Waals surface area contributed by atoms with E-state index < -0.39 is 82.6 Å². The van der Waals surface area contributed by atoms with Crippen LogP contribution in [0.2, 0.25) is 0 Å². The zero-order valence-corrected chi connectivity index (χ0v) is 61.6. The molecule has 108 heavy (non-hydrogen) atoms. The van der Waals surface area contributed by atoms with Crippen LogP contribution >= 0.6 is 22.6 Å².